The van der Waals surface area contributed by atoms with Crippen molar-refractivity contribution in [2.24, 2.45) is 0 Å². The predicted molar refractivity (Wildman–Crippen MR) is 108 cm³/mol. The molecule has 1 amide bonds. The third-order valence-electron chi connectivity index (χ3n) is 5.05. The zero-order valence-corrected chi connectivity index (χ0v) is 17.6. The number of quaternary nitrogens is 1. The molecular weight excluding hydrogens is 394 g/mol. The van der Waals surface area contributed by atoms with E-state index in [-0.39, 0.29) is 23.4 Å². The number of nitrogens with two attached hydrogens (primary N) is 1. The number of carbonyl (C=O) groups is 1. The third-order valence-corrected chi connectivity index (χ3v) is 6.94. The number of nitrogens with zero attached hydrogens (tertiary/aromatic N) is 1. The van der Waals surface area contributed by atoms with Crippen LogP contribution in [-0.2, 0) is 14.8 Å². The Labute approximate surface area is 171 Å². The van der Waals surface area contributed by atoms with Crippen molar-refractivity contribution in [1.29, 1.82) is 0 Å². The highest BCUT2D eigenvalue weighted by Gasteiger charge is 2.27. The van der Waals surface area contributed by atoms with Crippen LogP contribution in [0.25, 0.3) is 0 Å². The number of furan rings is 1. The number of sulfonamides is 1. The first-order valence-corrected chi connectivity index (χ1v) is 11.2. The second-order valence-corrected chi connectivity index (χ2v) is 9.06. The lowest BCUT2D eigenvalue weighted by Crippen LogP contribution is -2.86. The van der Waals surface area contributed by atoms with Crippen LogP contribution >= 0.6 is 0 Å². The van der Waals surface area contributed by atoms with Gasteiger partial charge in [0.05, 0.1) is 24.0 Å². The van der Waals surface area contributed by atoms with E-state index in [4.69, 9.17) is 9.15 Å². The van der Waals surface area contributed by atoms with Gasteiger partial charge in [-0.3, -0.25) is 4.79 Å². The maximum absolute atomic E-state index is 12.9. The zero-order valence-electron chi connectivity index (χ0n) is 16.8. The topological polar surface area (TPSA) is 105 Å². The third kappa shape index (κ3) is 5.17. The maximum Gasteiger partial charge on any atom is 0.279 e. The van der Waals surface area contributed by atoms with E-state index in [1.165, 1.54) is 23.5 Å². The molecule has 3 rings (SSSR count). The molecule has 1 saturated heterocycles. The maximum atomic E-state index is 12.9. The Morgan fingerprint density at radius 2 is 2.03 bits per heavy atom. The van der Waals surface area contributed by atoms with E-state index in [2.05, 4.69) is 5.32 Å². The standard InChI is InChI=1S/C20H27N3O5S/c1-15(18-7-6-12-28-18)21-14-20(24)22-17-13-16(8-9-19(17)27-2)29(25,26)23-10-4-3-5-11-23/h6-9,12-13,15,21H,3-5,10-11,14H2,1-2H3,(H,22,24)/p+1/t15-/m1/s1. The first-order chi connectivity index (χ1) is 13.9. The van der Waals surface area contributed by atoms with E-state index in [1.807, 2.05) is 18.3 Å². The van der Waals surface area contributed by atoms with Crippen LogP contribution in [0.2, 0.25) is 0 Å². The lowest BCUT2D eigenvalue weighted by atomic mass is 10.2. The molecule has 1 aliphatic heterocycles. The minimum Gasteiger partial charge on any atom is -0.495 e. The quantitative estimate of drug-likeness (QED) is 0.674. The fourth-order valence-electron chi connectivity index (χ4n) is 3.35. The molecule has 0 bridgehead atoms. The number of piperidine rings is 1. The molecule has 9 heteroatoms. The van der Waals surface area contributed by atoms with E-state index in [9.17, 15) is 13.2 Å². The lowest BCUT2D eigenvalue weighted by Gasteiger charge is -2.26. The molecule has 0 radical (unpaired) electrons. The monoisotopic (exact) mass is 422 g/mol. The summed E-state index contributed by atoms with van der Waals surface area (Å²) in [6, 6.07) is 8.21. The zero-order chi connectivity index (χ0) is 20.9. The van der Waals surface area contributed by atoms with Gasteiger partial charge in [0.2, 0.25) is 10.0 Å². The van der Waals surface area contributed by atoms with Gasteiger partial charge in [-0.25, -0.2) is 8.42 Å². The summed E-state index contributed by atoms with van der Waals surface area (Å²) in [7, 11) is -2.11. The fourth-order valence-corrected chi connectivity index (χ4v) is 4.89. The molecule has 158 valence electrons. The van der Waals surface area contributed by atoms with Crippen molar-refractivity contribution in [3.63, 3.8) is 0 Å². The van der Waals surface area contributed by atoms with Crippen LogP contribution in [0.3, 0.4) is 0 Å². The van der Waals surface area contributed by atoms with Gasteiger partial charge < -0.3 is 19.8 Å². The number of nitrogens with one attached hydrogen (secondary N) is 1. The van der Waals surface area contributed by atoms with Crippen LogP contribution in [-0.4, -0.2) is 45.4 Å². The number of methoxy groups -OCH3 is 1. The largest absolute Gasteiger partial charge is 0.495 e. The van der Waals surface area contributed by atoms with Crippen LogP contribution in [0.15, 0.2) is 45.9 Å². The Morgan fingerprint density at radius 3 is 2.69 bits per heavy atom. The number of rotatable bonds is 8. The molecule has 1 aromatic heterocycles. The lowest BCUT2D eigenvalue weighted by molar-refractivity contribution is -0.684. The van der Waals surface area contributed by atoms with Gasteiger partial charge in [0, 0.05) is 13.1 Å². The molecule has 0 saturated carbocycles. The Balaban J connectivity index is 1.70. The molecule has 2 aromatic rings. The molecule has 2 heterocycles. The Kier molecular flexibility index (Phi) is 6.94. The van der Waals surface area contributed by atoms with Crippen LogP contribution in [0, 0.1) is 0 Å². The Morgan fingerprint density at radius 1 is 1.28 bits per heavy atom. The highest BCUT2D eigenvalue weighted by molar-refractivity contribution is 7.89. The van der Waals surface area contributed by atoms with Crippen molar-refractivity contribution in [3.05, 3.63) is 42.4 Å². The number of ether oxygens (including phenoxy) is 1. The second kappa shape index (κ2) is 9.43. The van der Waals surface area contributed by atoms with Gasteiger partial charge in [0.1, 0.15) is 11.8 Å². The van der Waals surface area contributed by atoms with Crippen LogP contribution in [0.4, 0.5) is 5.69 Å². The highest BCUT2D eigenvalue weighted by Crippen LogP contribution is 2.29. The first-order valence-electron chi connectivity index (χ1n) is 9.76. The predicted octanol–water partition coefficient (Wildman–Crippen LogP) is 1.73. The summed E-state index contributed by atoms with van der Waals surface area (Å²) in [5.41, 5.74) is 0.342. The molecule has 0 aliphatic carbocycles. The van der Waals surface area contributed by atoms with Crippen molar-refractivity contribution < 1.29 is 27.7 Å². The highest BCUT2D eigenvalue weighted by atomic mass is 32.2. The summed E-state index contributed by atoms with van der Waals surface area (Å²) in [4.78, 5) is 12.6. The minimum absolute atomic E-state index is 0.0107. The summed E-state index contributed by atoms with van der Waals surface area (Å²) in [5.74, 6) is 0.939. The van der Waals surface area contributed by atoms with Crippen molar-refractivity contribution >= 4 is 21.6 Å². The molecule has 1 aromatic carbocycles. The fraction of sp³-hybridized carbons (Fsp3) is 0.450. The van der Waals surface area contributed by atoms with E-state index in [1.54, 1.807) is 18.4 Å². The van der Waals surface area contributed by atoms with Gasteiger partial charge in [-0.15, -0.1) is 0 Å². The van der Waals surface area contributed by atoms with Gasteiger partial charge in [-0.2, -0.15) is 4.31 Å². The molecule has 1 fully saturated rings. The van der Waals surface area contributed by atoms with Gasteiger partial charge in [-0.05, 0) is 50.1 Å². The number of benzene rings is 1. The molecule has 0 spiro atoms. The number of anilines is 1. The average Bonchev–Trinajstić information content (AvgIpc) is 3.27. The molecule has 3 N–H and O–H groups in total. The normalized spacial score (nSPS) is 16.3. The summed E-state index contributed by atoms with van der Waals surface area (Å²) >= 11 is 0. The second-order valence-electron chi connectivity index (χ2n) is 7.12. The van der Waals surface area contributed by atoms with Crippen LogP contribution in [0.1, 0.15) is 38.0 Å². The number of hydrogen-bond donors (Lipinski definition) is 2. The molecule has 1 aliphatic rings. The number of carbonyl (C=O) groups excluding carboxylic acids is 1. The minimum atomic E-state index is -3.59. The van der Waals surface area contributed by atoms with Gasteiger partial charge in [-0.1, -0.05) is 6.42 Å². The summed E-state index contributed by atoms with van der Waals surface area (Å²) in [6.45, 7) is 3.15. The van der Waals surface area contributed by atoms with Crippen LogP contribution < -0.4 is 15.4 Å². The van der Waals surface area contributed by atoms with E-state index >= 15 is 0 Å². The molecule has 0 unspecified atom stereocenters. The summed E-state index contributed by atoms with van der Waals surface area (Å²) in [6.07, 6.45) is 4.37. The SMILES string of the molecule is COc1ccc(S(=O)(=O)N2CCCCC2)cc1NC(=O)C[NH2+][C@H](C)c1ccco1. The summed E-state index contributed by atoms with van der Waals surface area (Å²) < 4.78 is 38.0. The molecule has 8 nitrogen and oxygen atoms in total. The van der Waals surface area contributed by atoms with Crippen molar-refractivity contribution in [3.8, 4) is 5.75 Å². The number of hydrogen-bond acceptors (Lipinski definition) is 5. The van der Waals surface area contributed by atoms with Crippen molar-refractivity contribution in [2.75, 3.05) is 32.1 Å². The summed E-state index contributed by atoms with van der Waals surface area (Å²) in [5, 5.41) is 4.61. The van der Waals surface area contributed by atoms with Gasteiger partial charge >= 0.3 is 0 Å². The molecule has 29 heavy (non-hydrogen) atoms. The average molecular weight is 423 g/mol. The number of amides is 1. The van der Waals surface area contributed by atoms with E-state index in [0.717, 1.165) is 25.0 Å². The Bertz CT molecular complexity index is 922. The van der Waals surface area contributed by atoms with Gasteiger partial charge in [0.25, 0.3) is 5.91 Å². The van der Waals surface area contributed by atoms with E-state index in [0.29, 0.717) is 24.5 Å². The molecular formula is C20H28N3O5S+. The van der Waals surface area contributed by atoms with E-state index < -0.39 is 10.0 Å². The Hall–Kier alpha value is -2.36. The smallest absolute Gasteiger partial charge is 0.279 e. The molecule has 1 atom stereocenters. The first kappa shape index (κ1) is 21.4. The van der Waals surface area contributed by atoms with Crippen molar-refractivity contribution in [2.45, 2.75) is 37.1 Å². The van der Waals surface area contributed by atoms with Crippen LogP contribution in [0.5, 0.6) is 5.75 Å². The van der Waals surface area contributed by atoms with Gasteiger partial charge in [0.15, 0.2) is 12.3 Å². The van der Waals surface area contributed by atoms with Crippen molar-refractivity contribution in [1.82, 2.24) is 4.31 Å².